The van der Waals surface area contributed by atoms with Crippen molar-refractivity contribution in [3.8, 4) is 11.4 Å². The maximum Gasteiger partial charge on any atom is 0.339 e. The zero-order valence-electron chi connectivity index (χ0n) is 22.0. The Morgan fingerprint density at radius 2 is 1.71 bits per heavy atom. The van der Waals surface area contributed by atoms with E-state index in [1.807, 2.05) is 0 Å². The summed E-state index contributed by atoms with van der Waals surface area (Å²) < 4.78 is 46.8. The molecule has 222 valence electrons. The van der Waals surface area contributed by atoms with Crippen LogP contribution in [-0.4, -0.2) is 78.6 Å². The van der Waals surface area contributed by atoms with Gasteiger partial charge in [-0.1, -0.05) is 5.21 Å². The average molecular weight is 591 g/mol. The molecule has 0 fully saturated rings. The molecule has 0 radical (unpaired) electrons. The van der Waals surface area contributed by atoms with Crippen LogP contribution in [0.2, 0.25) is 0 Å². The minimum Gasteiger partial charge on any atom is -0.478 e. The monoisotopic (exact) mass is 590 g/mol. The molecule has 3 heterocycles. The molecule has 0 spiro atoms. The number of carboxylic acids is 2. The van der Waals surface area contributed by atoms with Crippen LogP contribution < -0.4 is 5.73 Å². The molecule has 4 rings (SSSR count). The van der Waals surface area contributed by atoms with Crippen molar-refractivity contribution in [1.29, 1.82) is 0 Å². The lowest BCUT2D eigenvalue weighted by molar-refractivity contribution is -0.134. The van der Waals surface area contributed by atoms with E-state index in [0.717, 1.165) is 6.07 Å². The van der Waals surface area contributed by atoms with E-state index >= 15 is 0 Å². The zero-order chi connectivity index (χ0) is 31.0. The van der Waals surface area contributed by atoms with Gasteiger partial charge >= 0.3 is 17.9 Å². The molecule has 0 saturated heterocycles. The Labute approximate surface area is 236 Å². The number of carbonyl (C=O) groups is 4. The summed E-state index contributed by atoms with van der Waals surface area (Å²) >= 11 is 0. The summed E-state index contributed by atoms with van der Waals surface area (Å²) in [6.07, 6.45) is 2.25. The number of aliphatic carboxylic acids is 2. The van der Waals surface area contributed by atoms with Crippen LogP contribution in [0.3, 0.4) is 0 Å². The van der Waals surface area contributed by atoms with Gasteiger partial charge in [0.25, 0.3) is 0 Å². The zero-order valence-corrected chi connectivity index (χ0v) is 22.0. The number of methoxy groups -OCH3 is 1. The van der Waals surface area contributed by atoms with Crippen LogP contribution in [0, 0.1) is 17.5 Å². The topological polar surface area (TPSA) is 191 Å². The van der Waals surface area contributed by atoms with Gasteiger partial charge in [-0.15, -0.1) is 5.10 Å². The second kappa shape index (κ2) is 14.0. The first kappa shape index (κ1) is 31.4. The summed E-state index contributed by atoms with van der Waals surface area (Å²) in [7, 11) is 1.28. The van der Waals surface area contributed by atoms with E-state index in [0.29, 0.717) is 48.4 Å². The van der Waals surface area contributed by atoms with E-state index in [9.17, 15) is 32.3 Å². The third-order valence-electron chi connectivity index (χ3n) is 5.92. The van der Waals surface area contributed by atoms with E-state index in [1.54, 1.807) is 21.7 Å². The van der Waals surface area contributed by atoms with Crippen molar-refractivity contribution >= 4 is 23.8 Å². The van der Waals surface area contributed by atoms with Crippen molar-refractivity contribution in [3.63, 3.8) is 0 Å². The fourth-order valence-electron chi connectivity index (χ4n) is 3.90. The maximum atomic E-state index is 13.9. The number of ether oxygens (including phenoxy) is 1. The molecule has 13 nitrogen and oxygen atoms in total. The number of hydrogen-bond acceptors (Lipinski definition) is 9. The third-order valence-corrected chi connectivity index (χ3v) is 5.92. The van der Waals surface area contributed by atoms with Gasteiger partial charge in [-0.3, -0.25) is 9.78 Å². The number of esters is 1. The number of benzene rings is 1. The highest BCUT2D eigenvalue weighted by Crippen LogP contribution is 2.24. The highest BCUT2D eigenvalue weighted by atomic mass is 19.2. The van der Waals surface area contributed by atoms with E-state index in [4.69, 9.17) is 15.9 Å². The first-order valence-electron chi connectivity index (χ1n) is 12.2. The lowest BCUT2D eigenvalue weighted by atomic mass is 10.0. The molecular formula is C26H25F3N6O7. The molecule has 42 heavy (non-hydrogen) atoms. The number of fused-ring (bicyclic) bond motifs is 1. The van der Waals surface area contributed by atoms with Crippen LogP contribution in [0.5, 0.6) is 0 Å². The summed E-state index contributed by atoms with van der Waals surface area (Å²) in [6.45, 7) is 0.977. The van der Waals surface area contributed by atoms with Gasteiger partial charge < -0.3 is 25.6 Å². The molecule has 16 heteroatoms. The SMILES string of the molecule is COC(=O)c1ccc(-c2nnn3c2CN(C(=O)C[C@H](N)Cc2cc(F)c(F)cc2F)CC3)nc1.O=C(O)/C=C/C(=O)O. The number of nitrogens with two attached hydrogens (primary N) is 1. The van der Waals surface area contributed by atoms with Crippen LogP contribution in [0.15, 0.2) is 42.6 Å². The minimum absolute atomic E-state index is 0.0936. The molecule has 0 unspecified atom stereocenters. The van der Waals surface area contributed by atoms with Gasteiger partial charge in [-0.05, 0) is 30.2 Å². The highest BCUT2D eigenvalue weighted by molar-refractivity contribution is 5.90. The van der Waals surface area contributed by atoms with Crippen molar-refractivity contribution in [3.05, 3.63) is 76.9 Å². The van der Waals surface area contributed by atoms with Crippen molar-refractivity contribution in [2.75, 3.05) is 13.7 Å². The molecule has 1 aromatic carbocycles. The summed E-state index contributed by atoms with van der Waals surface area (Å²) in [6, 6.07) is 3.60. The molecule has 1 atom stereocenters. The Balaban J connectivity index is 0.000000531. The Morgan fingerprint density at radius 3 is 2.31 bits per heavy atom. The number of aromatic nitrogens is 4. The lowest BCUT2D eigenvalue weighted by Crippen LogP contribution is -2.41. The van der Waals surface area contributed by atoms with Crippen molar-refractivity contribution < 1.29 is 47.3 Å². The number of nitrogens with zero attached hydrogens (tertiary/aromatic N) is 5. The Bertz CT molecular complexity index is 1490. The van der Waals surface area contributed by atoms with Gasteiger partial charge in [0, 0.05) is 43.4 Å². The van der Waals surface area contributed by atoms with E-state index in [1.165, 1.54) is 13.3 Å². The first-order valence-corrected chi connectivity index (χ1v) is 12.2. The van der Waals surface area contributed by atoms with Crippen LogP contribution in [0.25, 0.3) is 11.4 Å². The molecule has 0 aliphatic carbocycles. The van der Waals surface area contributed by atoms with Gasteiger partial charge in [0.2, 0.25) is 5.91 Å². The van der Waals surface area contributed by atoms with Crippen molar-refractivity contribution in [1.82, 2.24) is 24.9 Å². The highest BCUT2D eigenvalue weighted by Gasteiger charge is 2.27. The molecule has 0 saturated carbocycles. The van der Waals surface area contributed by atoms with Crippen LogP contribution in [-0.2, 0) is 38.6 Å². The Hall–Kier alpha value is -5.12. The average Bonchev–Trinajstić information content (AvgIpc) is 3.38. The smallest absolute Gasteiger partial charge is 0.339 e. The fraction of sp³-hybridized carbons (Fsp3) is 0.269. The van der Waals surface area contributed by atoms with Crippen LogP contribution in [0.4, 0.5) is 13.2 Å². The number of carboxylic acid groups (broad SMARTS) is 2. The van der Waals surface area contributed by atoms with Gasteiger partial charge in [-0.25, -0.2) is 32.2 Å². The second-order valence-corrected chi connectivity index (χ2v) is 8.88. The predicted octanol–water partition coefficient (Wildman–Crippen LogP) is 1.56. The molecule has 0 bridgehead atoms. The van der Waals surface area contributed by atoms with E-state index in [-0.39, 0.29) is 36.4 Å². The van der Waals surface area contributed by atoms with Gasteiger partial charge in [0.15, 0.2) is 11.6 Å². The third kappa shape index (κ3) is 8.20. The quantitative estimate of drug-likeness (QED) is 0.196. The Morgan fingerprint density at radius 1 is 1.05 bits per heavy atom. The number of carbonyl (C=O) groups excluding carboxylic acids is 2. The standard InChI is InChI=1S/C22H21F3N6O3.C4H4O4/c1-34-22(33)12-2-3-18(27-10-12)21-19-11-30(4-5-31(19)29-28-21)20(32)8-14(26)6-13-7-16(24)17(25)9-15(13)23;5-3(6)1-2-4(7)8/h2-3,7,9-10,14H,4-6,8,11,26H2,1H3;1-2H,(H,5,6)(H,7,8)/b;2-1+/t14-;/m1./s1. The normalized spacial score (nSPS) is 13.1. The van der Waals surface area contributed by atoms with E-state index < -0.39 is 41.4 Å². The minimum atomic E-state index is -1.28. The van der Waals surface area contributed by atoms with Crippen LogP contribution in [0.1, 0.15) is 28.0 Å². The molecule has 4 N–H and O–H groups in total. The molecule has 1 aliphatic heterocycles. The van der Waals surface area contributed by atoms with Crippen molar-refractivity contribution in [2.45, 2.75) is 32.0 Å². The summed E-state index contributed by atoms with van der Waals surface area (Å²) in [5.41, 5.74) is 7.82. The maximum absolute atomic E-state index is 13.9. The number of rotatable bonds is 8. The number of hydrogen-bond donors (Lipinski definition) is 3. The summed E-state index contributed by atoms with van der Waals surface area (Å²) in [4.78, 5) is 49.4. The van der Waals surface area contributed by atoms with Crippen molar-refractivity contribution in [2.24, 2.45) is 5.73 Å². The van der Waals surface area contributed by atoms with E-state index in [2.05, 4.69) is 20.0 Å². The van der Waals surface area contributed by atoms with Gasteiger partial charge in [-0.2, -0.15) is 0 Å². The molecule has 1 aliphatic rings. The summed E-state index contributed by atoms with van der Waals surface area (Å²) in [5.74, 6) is -6.67. The molecule has 2 aromatic heterocycles. The second-order valence-electron chi connectivity index (χ2n) is 8.88. The fourth-order valence-corrected chi connectivity index (χ4v) is 3.90. The van der Waals surface area contributed by atoms with Gasteiger partial charge in [0.05, 0.1) is 37.2 Å². The lowest BCUT2D eigenvalue weighted by Gasteiger charge is -2.28. The molecule has 3 aromatic rings. The largest absolute Gasteiger partial charge is 0.478 e. The predicted molar refractivity (Wildman–Crippen MR) is 137 cm³/mol. The molecule has 1 amide bonds. The number of halogens is 3. The van der Waals surface area contributed by atoms with Crippen LogP contribution >= 0.6 is 0 Å². The first-order chi connectivity index (χ1) is 19.9. The summed E-state index contributed by atoms with van der Waals surface area (Å²) in [5, 5.41) is 23.9. The Kier molecular flexibility index (Phi) is 10.5. The van der Waals surface area contributed by atoms with Gasteiger partial charge in [0.1, 0.15) is 11.5 Å². The number of pyridine rings is 1. The number of amides is 1. The molecular weight excluding hydrogens is 565 g/mol.